The lowest BCUT2D eigenvalue weighted by Crippen LogP contribution is -2.04. The Morgan fingerprint density at radius 1 is 1.10 bits per heavy atom. The van der Waals surface area contributed by atoms with Crippen molar-refractivity contribution in [2.45, 2.75) is 19.8 Å². The average molecular weight is 400 g/mol. The Bertz CT molecular complexity index is 602. The minimum atomic E-state index is 0.784. The maximum Gasteiger partial charge on any atom is 0.136 e. The summed E-state index contributed by atoms with van der Waals surface area (Å²) in [4.78, 5) is 8.98. The van der Waals surface area contributed by atoms with Crippen LogP contribution in [0.2, 0.25) is 0 Å². The minimum Gasteiger partial charge on any atom is -0.373 e. The molecule has 0 fully saturated rings. The number of aryl methyl sites for hydroxylation is 1. The lowest BCUT2D eigenvalue weighted by atomic mass is 10.3. The molecule has 0 saturated heterocycles. The number of nitrogens with zero attached hydrogens (tertiary/aromatic N) is 2. The lowest BCUT2D eigenvalue weighted by molar-refractivity contribution is 0.838. The van der Waals surface area contributed by atoms with E-state index in [1.54, 1.807) is 0 Å². The van der Waals surface area contributed by atoms with E-state index in [1.807, 2.05) is 31.3 Å². The number of halogens is 2. The average Bonchev–Trinajstić information content (AvgIpc) is 2.43. The SMILES string of the molecule is CCCc1nc(NC)cc(Nc2cc(Br)ccc2Br)n1. The van der Waals surface area contributed by atoms with Gasteiger partial charge in [-0.25, -0.2) is 9.97 Å². The van der Waals surface area contributed by atoms with Gasteiger partial charge in [-0.2, -0.15) is 0 Å². The van der Waals surface area contributed by atoms with Crippen molar-refractivity contribution in [3.05, 3.63) is 39.0 Å². The smallest absolute Gasteiger partial charge is 0.136 e. The van der Waals surface area contributed by atoms with E-state index >= 15 is 0 Å². The summed E-state index contributed by atoms with van der Waals surface area (Å²) in [5.74, 6) is 2.44. The Kier molecular flexibility index (Phi) is 5.37. The highest BCUT2D eigenvalue weighted by Gasteiger charge is 2.06. The van der Waals surface area contributed by atoms with Crippen LogP contribution >= 0.6 is 31.9 Å². The van der Waals surface area contributed by atoms with Crippen LogP contribution in [0.25, 0.3) is 0 Å². The lowest BCUT2D eigenvalue weighted by Gasteiger charge is -2.11. The molecule has 0 spiro atoms. The molecule has 0 saturated carbocycles. The van der Waals surface area contributed by atoms with Crippen LogP contribution in [0.15, 0.2) is 33.2 Å². The first-order valence-corrected chi connectivity index (χ1v) is 7.98. The zero-order chi connectivity index (χ0) is 14.5. The molecule has 20 heavy (non-hydrogen) atoms. The van der Waals surface area contributed by atoms with E-state index in [-0.39, 0.29) is 0 Å². The van der Waals surface area contributed by atoms with Crippen LogP contribution in [0, 0.1) is 0 Å². The van der Waals surface area contributed by atoms with E-state index in [0.717, 1.165) is 44.9 Å². The summed E-state index contributed by atoms with van der Waals surface area (Å²) in [6.45, 7) is 2.12. The van der Waals surface area contributed by atoms with Crippen LogP contribution in [0.1, 0.15) is 19.2 Å². The molecule has 0 aliphatic heterocycles. The van der Waals surface area contributed by atoms with Crippen LogP contribution in [-0.2, 0) is 6.42 Å². The molecule has 6 heteroatoms. The molecular formula is C14H16Br2N4. The van der Waals surface area contributed by atoms with Gasteiger partial charge in [-0.3, -0.25) is 0 Å². The summed E-state index contributed by atoms with van der Waals surface area (Å²) in [6.07, 6.45) is 1.89. The highest BCUT2D eigenvalue weighted by molar-refractivity contribution is 9.11. The molecule has 1 aromatic heterocycles. The van der Waals surface area contributed by atoms with Gasteiger partial charge in [-0.15, -0.1) is 0 Å². The van der Waals surface area contributed by atoms with Gasteiger partial charge in [0.05, 0.1) is 5.69 Å². The molecule has 2 N–H and O–H groups in total. The predicted molar refractivity (Wildman–Crippen MR) is 90.7 cm³/mol. The Hall–Kier alpha value is -1.14. The van der Waals surface area contributed by atoms with Crippen molar-refractivity contribution in [3.8, 4) is 0 Å². The molecule has 0 aliphatic carbocycles. The van der Waals surface area contributed by atoms with E-state index < -0.39 is 0 Å². The number of nitrogens with one attached hydrogen (secondary N) is 2. The number of hydrogen-bond donors (Lipinski definition) is 2. The highest BCUT2D eigenvalue weighted by atomic mass is 79.9. The molecular weight excluding hydrogens is 384 g/mol. The first-order valence-electron chi connectivity index (χ1n) is 6.40. The molecule has 0 aliphatic rings. The molecule has 2 rings (SSSR count). The van der Waals surface area contributed by atoms with Gasteiger partial charge in [-0.1, -0.05) is 22.9 Å². The highest BCUT2D eigenvalue weighted by Crippen LogP contribution is 2.29. The van der Waals surface area contributed by atoms with Crippen molar-refractivity contribution in [1.29, 1.82) is 0 Å². The van der Waals surface area contributed by atoms with Gasteiger partial charge < -0.3 is 10.6 Å². The maximum atomic E-state index is 4.54. The molecule has 0 bridgehead atoms. The zero-order valence-corrected chi connectivity index (χ0v) is 14.5. The number of aromatic nitrogens is 2. The third kappa shape index (κ3) is 3.93. The second-order valence-electron chi connectivity index (χ2n) is 4.30. The molecule has 0 unspecified atom stereocenters. The van der Waals surface area contributed by atoms with E-state index in [4.69, 9.17) is 0 Å². The van der Waals surface area contributed by atoms with Gasteiger partial charge in [0.2, 0.25) is 0 Å². The van der Waals surface area contributed by atoms with Crippen molar-refractivity contribution in [1.82, 2.24) is 9.97 Å². The van der Waals surface area contributed by atoms with Crippen LogP contribution in [0.5, 0.6) is 0 Å². The Morgan fingerprint density at radius 3 is 2.55 bits per heavy atom. The second kappa shape index (κ2) is 7.04. The molecule has 106 valence electrons. The molecule has 0 radical (unpaired) electrons. The maximum absolute atomic E-state index is 4.54. The second-order valence-corrected chi connectivity index (χ2v) is 6.07. The fourth-order valence-electron chi connectivity index (χ4n) is 1.76. The van der Waals surface area contributed by atoms with Crippen molar-refractivity contribution in [2.75, 3.05) is 17.7 Å². The normalized spacial score (nSPS) is 10.4. The summed E-state index contributed by atoms with van der Waals surface area (Å²) >= 11 is 7.00. The quantitative estimate of drug-likeness (QED) is 0.762. The van der Waals surface area contributed by atoms with Crippen LogP contribution in [0.3, 0.4) is 0 Å². The number of hydrogen-bond acceptors (Lipinski definition) is 4. The van der Waals surface area contributed by atoms with E-state index in [2.05, 4.69) is 59.4 Å². The summed E-state index contributed by atoms with van der Waals surface area (Å²) in [6, 6.07) is 7.87. The minimum absolute atomic E-state index is 0.784. The molecule has 2 aromatic rings. The van der Waals surface area contributed by atoms with Gasteiger partial charge in [0, 0.05) is 28.5 Å². The molecule has 0 atom stereocenters. The molecule has 1 aromatic carbocycles. The van der Waals surface area contributed by atoms with Crippen LogP contribution < -0.4 is 10.6 Å². The van der Waals surface area contributed by atoms with Crippen molar-refractivity contribution < 1.29 is 0 Å². The summed E-state index contributed by atoms with van der Waals surface area (Å²) < 4.78 is 2.00. The fourth-order valence-corrected chi connectivity index (χ4v) is 2.46. The van der Waals surface area contributed by atoms with Gasteiger partial charge >= 0.3 is 0 Å². The molecule has 1 heterocycles. The fraction of sp³-hybridized carbons (Fsp3) is 0.286. The Morgan fingerprint density at radius 2 is 1.85 bits per heavy atom. The van der Waals surface area contributed by atoms with Gasteiger partial charge in [0.25, 0.3) is 0 Å². The standard InChI is InChI=1S/C14H16Br2N4/c1-3-4-12-19-13(17-2)8-14(20-12)18-11-7-9(15)5-6-10(11)16/h5-8H,3-4H2,1-2H3,(H2,17,18,19,20). The third-order valence-corrected chi connectivity index (χ3v) is 3.88. The van der Waals surface area contributed by atoms with Crippen molar-refractivity contribution in [3.63, 3.8) is 0 Å². The first-order chi connectivity index (χ1) is 9.62. The Balaban J connectivity index is 2.32. The van der Waals surface area contributed by atoms with E-state index in [0.29, 0.717) is 0 Å². The van der Waals surface area contributed by atoms with Gasteiger partial charge in [0.1, 0.15) is 17.5 Å². The zero-order valence-electron chi connectivity index (χ0n) is 11.4. The van der Waals surface area contributed by atoms with Crippen molar-refractivity contribution in [2.24, 2.45) is 0 Å². The number of rotatable bonds is 5. The van der Waals surface area contributed by atoms with Crippen molar-refractivity contribution >= 4 is 49.2 Å². The third-order valence-electron chi connectivity index (χ3n) is 2.69. The van der Waals surface area contributed by atoms with Crippen LogP contribution in [0.4, 0.5) is 17.3 Å². The van der Waals surface area contributed by atoms with E-state index in [1.165, 1.54) is 0 Å². The monoisotopic (exact) mass is 398 g/mol. The largest absolute Gasteiger partial charge is 0.373 e. The Labute approximate surface area is 135 Å². The number of benzene rings is 1. The predicted octanol–water partition coefficient (Wildman–Crippen LogP) is 4.74. The van der Waals surface area contributed by atoms with Gasteiger partial charge in [-0.05, 0) is 40.5 Å². The van der Waals surface area contributed by atoms with E-state index in [9.17, 15) is 0 Å². The summed E-state index contributed by atoms with van der Waals surface area (Å²) in [7, 11) is 1.86. The first kappa shape index (κ1) is 15.3. The van der Waals surface area contributed by atoms with Gasteiger partial charge in [0.15, 0.2) is 0 Å². The van der Waals surface area contributed by atoms with Crippen LogP contribution in [-0.4, -0.2) is 17.0 Å². The number of anilines is 3. The summed E-state index contributed by atoms with van der Waals surface area (Å²) in [5.41, 5.74) is 0.961. The summed E-state index contributed by atoms with van der Waals surface area (Å²) in [5, 5.41) is 6.38. The molecule has 0 amide bonds. The molecule has 4 nitrogen and oxygen atoms in total. The topological polar surface area (TPSA) is 49.8 Å².